The van der Waals surface area contributed by atoms with Crippen molar-refractivity contribution >= 4 is 67.1 Å². The highest BCUT2D eigenvalue weighted by Gasteiger charge is 2.25. The first-order valence-corrected chi connectivity index (χ1v) is 20.9. The van der Waals surface area contributed by atoms with Crippen molar-refractivity contribution in [3.05, 3.63) is 12.3 Å². The number of hydrogen-bond donors (Lipinski definition) is 2. The minimum absolute atomic E-state index is 0.0237. The Hall–Kier alpha value is -1.18. The Morgan fingerprint density at radius 1 is 0.930 bits per heavy atom. The van der Waals surface area contributed by atoms with Crippen LogP contribution in [0.2, 0.25) is 0 Å². The molecule has 246 valence electrons. The lowest BCUT2D eigenvalue weighted by molar-refractivity contribution is 0.150. The van der Waals surface area contributed by atoms with Crippen LogP contribution in [0.4, 0.5) is 21.4 Å². The summed E-state index contributed by atoms with van der Waals surface area (Å²) in [5.74, 6) is 6.26. The van der Waals surface area contributed by atoms with Gasteiger partial charge in [0.05, 0.1) is 6.04 Å². The average molecular weight is 676 g/mol. The van der Waals surface area contributed by atoms with Gasteiger partial charge in [0.25, 0.3) is 0 Å². The fourth-order valence-corrected chi connectivity index (χ4v) is 9.31. The third kappa shape index (κ3) is 17.2. The van der Waals surface area contributed by atoms with Gasteiger partial charge < -0.3 is 19.7 Å². The Kier molecular flexibility index (Phi) is 21.3. The summed E-state index contributed by atoms with van der Waals surface area (Å²) in [7, 11) is 7.27. The molecule has 2 heterocycles. The van der Waals surface area contributed by atoms with E-state index in [4.69, 9.17) is 9.47 Å². The molecule has 0 saturated carbocycles. The second-order valence-corrected chi connectivity index (χ2v) is 16.0. The van der Waals surface area contributed by atoms with Gasteiger partial charge in [0.15, 0.2) is 0 Å². The maximum atomic E-state index is 12.3. The van der Waals surface area contributed by atoms with Crippen molar-refractivity contribution in [2.45, 2.75) is 91.5 Å². The number of aromatic nitrogens is 2. The SMILES string of the molecule is CCCC[C@@H](CC)CSSCCOC(=O)N[C@H]1CCN(c2ccnc(NC(=O)OCCSSC[C@@H](CC)CCCC)n2)C1. The maximum absolute atomic E-state index is 12.3. The Bertz CT molecular complexity index is 904. The summed E-state index contributed by atoms with van der Waals surface area (Å²) >= 11 is 0. The van der Waals surface area contributed by atoms with Crippen molar-refractivity contribution in [3.63, 3.8) is 0 Å². The average Bonchev–Trinajstić information content (AvgIpc) is 3.48. The van der Waals surface area contributed by atoms with Gasteiger partial charge in [-0.1, -0.05) is 109 Å². The molecule has 0 aliphatic carbocycles. The molecule has 9 nitrogen and oxygen atoms in total. The number of rotatable bonds is 23. The van der Waals surface area contributed by atoms with E-state index in [1.165, 1.54) is 51.4 Å². The number of nitrogens with zero attached hydrogens (tertiary/aromatic N) is 3. The number of ether oxygens (including phenoxy) is 2. The molecule has 1 aliphatic rings. The maximum Gasteiger partial charge on any atom is 0.414 e. The Balaban J connectivity index is 1.59. The number of nitrogens with one attached hydrogen (secondary N) is 2. The van der Waals surface area contributed by atoms with Crippen LogP contribution < -0.4 is 15.5 Å². The highest BCUT2D eigenvalue weighted by Crippen LogP contribution is 2.28. The van der Waals surface area contributed by atoms with Gasteiger partial charge in [-0.25, -0.2) is 14.6 Å². The van der Waals surface area contributed by atoms with Crippen molar-refractivity contribution in [3.8, 4) is 0 Å². The minimum Gasteiger partial charge on any atom is -0.449 e. The topological polar surface area (TPSA) is 106 Å². The van der Waals surface area contributed by atoms with Gasteiger partial charge >= 0.3 is 12.2 Å². The summed E-state index contributed by atoms with van der Waals surface area (Å²) in [6, 6.07) is 1.78. The van der Waals surface area contributed by atoms with Gasteiger partial charge in [-0.15, -0.1) is 0 Å². The second-order valence-electron chi connectivity index (χ2n) is 10.8. The molecule has 1 fully saturated rings. The van der Waals surface area contributed by atoms with Crippen LogP contribution in [0.3, 0.4) is 0 Å². The molecular formula is C30H53N5O4S4. The van der Waals surface area contributed by atoms with Crippen molar-refractivity contribution in [2.75, 3.05) is 59.5 Å². The van der Waals surface area contributed by atoms with E-state index in [2.05, 4.69) is 53.2 Å². The van der Waals surface area contributed by atoms with Crippen LogP contribution in [0.25, 0.3) is 0 Å². The monoisotopic (exact) mass is 675 g/mol. The number of unbranched alkanes of at least 4 members (excludes halogenated alkanes) is 2. The summed E-state index contributed by atoms with van der Waals surface area (Å²) in [5.41, 5.74) is 0. The van der Waals surface area contributed by atoms with Crippen molar-refractivity contribution in [1.82, 2.24) is 15.3 Å². The lowest BCUT2D eigenvalue weighted by Crippen LogP contribution is -2.37. The molecule has 43 heavy (non-hydrogen) atoms. The van der Waals surface area contributed by atoms with E-state index in [-0.39, 0.29) is 18.1 Å². The highest BCUT2D eigenvalue weighted by molar-refractivity contribution is 8.77. The first-order chi connectivity index (χ1) is 21.0. The molecule has 0 bridgehead atoms. The van der Waals surface area contributed by atoms with Gasteiger partial charge in [-0.05, 0) is 37.2 Å². The number of carbonyl (C=O) groups excluding carboxylic acids is 2. The Morgan fingerprint density at radius 3 is 2.12 bits per heavy atom. The summed E-state index contributed by atoms with van der Waals surface area (Å²) in [5, 5.41) is 5.59. The molecule has 2 rings (SSSR count). The normalized spacial score (nSPS) is 16.1. The fourth-order valence-electron chi connectivity index (χ4n) is 4.55. The second kappa shape index (κ2) is 24.1. The van der Waals surface area contributed by atoms with Crippen LogP contribution in [-0.2, 0) is 9.47 Å². The van der Waals surface area contributed by atoms with Gasteiger partial charge in [0.1, 0.15) is 19.0 Å². The number of amides is 2. The summed E-state index contributed by atoms with van der Waals surface area (Å²) in [6.07, 6.45) is 11.6. The summed E-state index contributed by atoms with van der Waals surface area (Å²) in [4.78, 5) is 35.2. The molecule has 3 atom stereocenters. The van der Waals surface area contributed by atoms with Crippen LogP contribution in [0.5, 0.6) is 0 Å². The summed E-state index contributed by atoms with van der Waals surface area (Å²) < 4.78 is 10.7. The van der Waals surface area contributed by atoms with Crippen LogP contribution >= 0.6 is 43.2 Å². The molecule has 0 aromatic carbocycles. The van der Waals surface area contributed by atoms with Crippen LogP contribution in [-0.4, -0.2) is 77.5 Å². The van der Waals surface area contributed by atoms with E-state index >= 15 is 0 Å². The van der Waals surface area contributed by atoms with Gasteiger partial charge in [-0.3, -0.25) is 5.32 Å². The molecule has 1 aromatic heterocycles. The highest BCUT2D eigenvalue weighted by atomic mass is 33.1. The van der Waals surface area contributed by atoms with E-state index in [9.17, 15) is 9.59 Å². The third-order valence-electron chi connectivity index (χ3n) is 7.35. The van der Waals surface area contributed by atoms with Crippen LogP contribution in [0, 0.1) is 11.8 Å². The van der Waals surface area contributed by atoms with Crippen molar-refractivity contribution in [1.29, 1.82) is 0 Å². The van der Waals surface area contributed by atoms with Crippen LogP contribution in [0.15, 0.2) is 12.3 Å². The molecular weight excluding hydrogens is 623 g/mol. The molecule has 0 radical (unpaired) electrons. The van der Waals surface area contributed by atoms with Gasteiger partial charge in [-0.2, -0.15) is 4.98 Å². The smallest absolute Gasteiger partial charge is 0.414 e. The van der Waals surface area contributed by atoms with Crippen LogP contribution in [0.1, 0.15) is 85.5 Å². The summed E-state index contributed by atoms with van der Waals surface area (Å²) in [6.45, 7) is 11.1. The zero-order valence-corrected chi connectivity index (χ0v) is 29.8. The van der Waals surface area contributed by atoms with Crippen molar-refractivity contribution in [2.24, 2.45) is 11.8 Å². The zero-order chi connectivity index (χ0) is 31.1. The van der Waals surface area contributed by atoms with E-state index in [1.54, 1.807) is 33.9 Å². The van der Waals surface area contributed by atoms with E-state index in [1.807, 2.05) is 21.6 Å². The van der Waals surface area contributed by atoms with Gasteiger partial charge in [0.2, 0.25) is 5.95 Å². The van der Waals surface area contributed by atoms with E-state index in [0.717, 1.165) is 47.8 Å². The number of carbonyl (C=O) groups is 2. The molecule has 1 aromatic rings. The lowest BCUT2D eigenvalue weighted by Gasteiger charge is -2.18. The van der Waals surface area contributed by atoms with E-state index < -0.39 is 6.09 Å². The minimum atomic E-state index is -0.556. The first-order valence-electron chi connectivity index (χ1n) is 15.9. The van der Waals surface area contributed by atoms with E-state index in [0.29, 0.717) is 25.6 Å². The largest absolute Gasteiger partial charge is 0.449 e. The Morgan fingerprint density at radius 2 is 1.53 bits per heavy atom. The zero-order valence-electron chi connectivity index (χ0n) is 26.5. The molecule has 0 spiro atoms. The standard InChI is InChI=1S/C30H53N5O4S4/c1-5-9-11-24(7-3)22-42-40-19-17-38-29(36)32-26-14-16-35(21-26)27-13-15-31-28(33-27)34-30(37)39-18-20-41-43-23-25(8-4)12-10-6-2/h13,15,24-26H,5-12,14,16-23H2,1-4H3,(H,32,36)(H,31,33,34,37)/t24-,25+,26+/m1/s1. The molecule has 1 saturated heterocycles. The molecule has 1 aliphatic heterocycles. The molecule has 2 N–H and O–H groups in total. The number of anilines is 2. The van der Waals surface area contributed by atoms with Crippen molar-refractivity contribution < 1.29 is 19.1 Å². The first kappa shape index (κ1) is 38.0. The molecule has 13 heteroatoms. The molecule has 0 unspecified atom stereocenters. The predicted octanol–water partition coefficient (Wildman–Crippen LogP) is 8.53. The quantitative estimate of drug-likeness (QED) is 0.0861. The Labute approximate surface area is 275 Å². The molecule has 2 amide bonds. The predicted molar refractivity (Wildman–Crippen MR) is 189 cm³/mol. The third-order valence-corrected chi connectivity index (χ3v) is 12.4. The lowest BCUT2D eigenvalue weighted by atomic mass is 10.0. The fraction of sp³-hybridized carbons (Fsp3) is 0.800. The van der Waals surface area contributed by atoms with Gasteiger partial charge in [0, 0.05) is 42.3 Å². The number of alkyl carbamates (subject to hydrolysis) is 1. The number of hydrogen-bond acceptors (Lipinski definition) is 11.